The molecule has 0 unspecified atom stereocenters. The third kappa shape index (κ3) is 5.11. The van der Waals surface area contributed by atoms with E-state index in [2.05, 4.69) is 9.47 Å². The Morgan fingerprint density at radius 3 is 1.65 bits per heavy atom. The molecule has 0 aromatic heterocycles. The molecular weight excluding hydrogens is 370 g/mol. The summed E-state index contributed by atoms with van der Waals surface area (Å²) in [7, 11) is 2.58. The molecule has 26 heavy (non-hydrogen) atoms. The molecule has 142 valence electrons. The van der Waals surface area contributed by atoms with E-state index in [-0.39, 0.29) is 22.6 Å². The summed E-state index contributed by atoms with van der Waals surface area (Å²) in [6, 6.07) is 6.37. The van der Waals surface area contributed by atoms with Gasteiger partial charge in [0, 0.05) is 11.1 Å². The zero-order valence-electron chi connectivity index (χ0n) is 13.4. The molecule has 0 fully saturated rings. The molecule has 0 spiro atoms. The first-order valence-corrected chi connectivity index (χ1v) is 6.90. The van der Waals surface area contributed by atoms with Crippen LogP contribution >= 0.6 is 0 Å². The van der Waals surface area contributed by atoms with Crippen molar-refractivity contribution in [2.45, 2.75) is 12.7 Å². The van der Waals surface area contributed by atoms with Gasteiger partial charge in [-0.25, -0.2) is 0 Å². The van der Waals surface area contributed by atoms with Gasteiger partial charge >= 0.3 is 12.7 Å². The molecular formula is C16H12F6O4. The maximum atomic E-state index is 12.6. The topological polar surface area (TPSA) is 36.9 Å². The molecule has 2 aromatic rings. The van der Waals surface area contributed by atoms with E-state index >= 15 is 0 Å². The summed E-state index contributed by atoms with van der Waals surface area (Å²) in [6.45, 7) is 0. The van der Waals surface area contributed by atoms with E-state index in [1.54, 1.807) is 0 Å². The van der Waals surface area contributed by atoms with Gasteiger partial charge < -0.3 is 18.9 Å². The molecule has 0 N–H and O–H groups in total. The molecule has 2 rings (SSSR count). The standard InChI is InChI=1S/C16H12F6O4/c1-23-9-3-5-13(24-2)11(7-9)12-8-10(25-15(17,18)19)4-6-14(12)26-16(20,21)22/h3-8H,1-2H3. The lowest BCUT2D eigenvalue weighted by Gasteiger charge is -2.18. The minimum atomic E-state index is -5.05. The molecule has 0 saturated carbocycles. The van der Waals surface area contributed by atoms with Crippen molar-refractivity contribution in [1.82, 2.24) is 0 Å². The number of rotatable bonds is 5. The monoisotopic (exact) mass is 382 g/mol. The van der Waals surface area contributed by atoms with Crippen molar-refractivity contribution in [2.24, 2.45) is 0 Å². The second kappa shape index (κ2) is 7.22. The van der Waals surface area contributed by atoms with E-state index < -0.39 is 24.2 Å². The predicted octanol–water partition coefficient (Wildman–Crippen LogP) is 5.17. The van der Waals surface area contributed by atoms with E-state index in [1.165, 1.54) is 32.4 Å². The summed E-state index contributed by atoms with van der Waals surface area (Å²) in [5, 5.41) is 0. The van der Waals surface area contributed by atoms with Crippen LogP contribution in [-0.4, -0.2) is 26.9 Å². The van der Waals surface area contributed by atoms with E-state index in [9.17, 15) is 26.3 Å². The fourth-order valence-corrected chi connectivity index (χ4v) is 2.15. The summed E-state index contributed by atoms with van der Waals surface area (Å²) < 4.78 is 93.0. The van der Waals surface area contributed by atoms with Crippen LogP contribution in [0.4, 0.5) is 26.3 Å². The molecule has 0 saturated heterocycles. The lowest BCUT2D eigenvalue weighted by atomic mass is 10.0. The second-order valence-electron chi connectivity index (χ2n) is 4.82. The molecule has 4 nitrogen and oxygen atoms in total. The van der Waals surface area contributed by atoms with Crippen LogP contribution < -0.4 is 18.9 Å². The van der Waals surface area contributed by atoms with Crippen molar-refractivity contribution in [3.8, 4) is 34.1 Å². The third-order valence-corrected chi connectivity index (χ3v) is 3.11. The highest BCUT2D eigenvalue weighted by molar-refractivity contribution is 5.78. The highest BCUT2D eigenvalue weighted by Crippen LogP contribution is 2.42. The fraction of sp³-hybridized carbons (Fsp3) is 0.250. The molecule has 0 heterocycles. The van der Waals surface area contributed by atoms with Crippen molar-refractivity contribution in [3.63, 3.8) is 0 Å². The van der Waals surface area contributed by atoms with Gasteiger partial charge in [0.25, 0.3) is 0 Å². The molecule has 0 radical (unpaired) electrons. The lowest BCUT2D eigenvalue weighted by molar-refractivity contribution is -0.276. The van der Waals surface area contributed by atoms with Gasteiger partial charge in [-0.2, -0.15) is 0 Å². The van der Waals surface area contributed by atoms with E-state index in [1.807, 2.05) is 0 Å². The number of hydrogen-bond acceptors (Lipinski definition) is 4. The largest absolute Gasteiger partial charge is 0.573 e. The maximum absolute atomic E-state index is 12.6. The Hall–Kier alpha value is -2.78. The molecule has 0 aliphatic rings. The molecule has 0 atom stereocenters. The van der Waals surface area contributed by atoms with E-state index in [4.69, 9.17) is 9.47 Å². The zero-order valence-corrected chi connectivity index (χ0v) is 13.4. The minimum absolute atomic E-state index is 0.0266. The van der Waals surface area contributed by atoms with Crippen LogP contribution in [0, 0.1) is 0 Å². The summed E-state index contributed by atoms with van der Waals surface area (Å²) in [5.41, 5.74) is -0.293. The van der Waals surface area contributed by atoms with Gasteiger partial charge in [-0.3, -0.25) is 0 Å². The summed E-state index contributed by atoms with van der Waals surface area (Å²) in [5.74, 6) is -1.09. The van der Waals surface area contributed by atoms with Gasteiger partial charge in [-0.15, -0.1) is 26.3 Å². The first kappa shape index (κ1) is 19.5. The van der Waals surface area contributed by atoms with Gasteiger partial charge in [0.1, 0.15) is 23.0 Å². The Morgan fingerprint density at radius 2 is 1.12 bits per heavy atom. The average Bonchev–Trinajstić information content (AvgIpc) is 2.53. The van der Waals surface area contributed by atoms with E-state index in [0.717, 1.165) is 12.1 Å². The van der Waals surface area contributed by atoms with Crippen LogP contribution in [0.5, 0.6) is 23.0 Å². The SMILES string of the molecule is COc1ccc(OC)c(-c2cc(OC(F)(F)F)ccc2OC(F)(F)F)c1. The highest BCUT2D eigenvalue weighted by atomic mass is 19.4. The van der Waals surface area contributed by atoms with Crippen molar-refractivity contribution < 1.29 is 45.3 Å². The second-order valence-corrected chi connectivity index (χ2v) is 4.82. The fourth-order valence-electron chi connectivity index (χ4n) is 2.15. The van der Waals surface area contributed by atoms with Crippen molar-refractivity contribution in [2.75, 3.05) is 14.2 Å². The van der Waals surface area contributed by atoms with Gasteiger partial charge in [-0.05, 0) is 36.4 Å². The number of alkyl halides is 6. The Balaban J connectivity index is 2.64. The first-order chi connectivity index (χ1) is 12.0. The van der Waals surface area contributed by atoms with Gasteiger partial charge in [0.2, 0.25) is 0 Å². The number of ether oxygens (including phenoxy) is 4. The van der Waals surface area contributed by atoms with Crippen LogP contribution in [0.2, 0.25) is 0 Å². The van der Waals surface area contributed by atoms with Gasteiger partial charge in [0.05, 0.1) is 14.2 Å². The lowest BCUT2D eigenvalue weighted by Crippen LogP contribution is -2.19. The summed E-state index contributed by atoms with van der Waals surface area (Å²) >= 11 is 0. The zero-order chi connectivity index (χ0) is 19.5. The Morgan fingerprint density at radius 1 is 0.615 bits per heavy atom. The molecule has 0 aliphatic carbocycles. The summed E-state index contributed by atoms with van der Waals surface area (Å²) in [6.07, 6.45) is -10.1. The van der Waals surface area contributed by atoms with Crippen molar-refractivity contribution >= 4 is 0 Å². The van der Waals surface area contributed by atoms with Crippen LogP contribution in [0.25, 0.3) is 11.1 Å². The molecule has 0 aliphatic heterocycles. The van der Waals surface area contributed by atoms with Crippen molar-refractivity contribution in [3.05, 3.63) is 36.4 Å². The first-order valence-electron chi connectivity index (χ1n) is 6.90. The minimum Gasteiger partial charge on any atom is -0.497 e. The van der Waals surface area contributed by atoms with Gasteiger partial charge in [-0.1, -0.05) is 0 Å². The van der Waals surface area contributed by atoms with Gasteiger partial charge in [0.15, 0.2) is 0 Å². The quantitative estimate of drug-likeness (QED) is 0.669. The number of benzene rings is 2. The average molecular weight is 382 g/mol. The summed E-state index contributed by atoms with van der Waals surface area (Å²) in [4.78, 5) is 0. The molecule has 2 aromatic carbocycles. The van der Waals surface area contributed by atoms with E-state index in [0.29, 0.717) is 6.07 Å². The Bertz CT molecular complexity index is 770. The van der Waals surface area contributed by atoms with Crippen LogP contribution in [0.15, 0.2) is 36.4 Å². The van der Waals surface area contributed by atoms with Crippen LogP contribution in [-0.2, 0) is 0 Å². The number of halogens is 6. The predicted molar refractivity (Wildman–Crippen MR) is 78.3 cm³/mol. The molecule has 10 heteroatoms. The number of hydrogen-bond donors (Lipinski definition) is 0. The molecule has 0 amide bonds. The maximum Gasteiger partial charge on any atom is 0.573 e. The third-order valence-electron chi connectivity index (χ3n) is 3.11. The molecule has 0 bridgehead atoms. The van der Waals surface area contributed by atoms with Crippen molar-refractivity contribution in [1.29, 1.82) is 0 Å². The highest BCUT2D eigenvalue weighted by Gasteiger charge is 2.34. The van der Waals surface area contributed by atoms with Crippen LogP contribution in [0.3, 0.4) is 0 Å². The normalized spacial score (nSPS) is 11.8. The Kier molecular flexibility index (Phi) is 5.43. The van der Waals surface area contributed by atoms with Crippen LogP contribution in [0.1, 0.15) is 0 Å². The smallest absolute Gasteiger partial charge is 0.497 e. The number of methoxy groups -OCH3 is 2. The Labute approximate surface area is 143 Å².